The van der Waals surface area contributed by atoms with Crippen molar-refractivity contribution in [2.45, 2.75) is 64.3 Å². The molecule has 1 aromatic carbocycles. The van der Waals surface area contributed by atoms with E-state index in [1.165, 1.54) is 0 Å². The molecular weight excluding hydrogens is 348 g/mol. The number of nitrogens with one attached hydrogen (secondary N) is 1. The maximum Gasteiger partial charge on any atom is 0.230 e. The fourth-order valence-electron chi connectivity index (χ4n) is 2.80. The number of amides is 1. The first-order chi connectivity index (χ1) is 12.0. The van der Waals surface area contributed by atoms with Gasteiger partial charge in [-0.05, 0) is 38.0 Å². The minimum atomic E-state index is -3.75. The van der Waals surface area contributed by atoms with Gasteiger partial charge < -0.3 is 9.88 Å². The minimum absolute atomic E-state index is 0.187. The average Bonchev–Trinajstić information content (AvgIpc) is 2.80. The predicted octanol–water partition coefficient (Wildman–Crippen LogP) is 4.33. The number of benzene rings is 1. The Morgan fingerprint density at radius 3 is 2.19 bits per heavy atom. The summed E-state index contributed by atoms with van der Waals surface area (Å²) in [6.45, 7) is 11.8. The summed E-state index contributed by atoms with van der Waals surface area (Å²) in [7, 11) is -3.75. The molecule has 142 valence electrons. The van der Waals surface area contributed by atoms with Gasteiger partial charge in [0.05, 0.1) is 4.90 Å². The Balaban J connectivity index is 2.73. The third-order valence-electron chi connectivity index (χ3n) is 4.46. The van der Waals surface area contributed by atoms with Crippen LogP contribution in [0.4, 0.5) is 5.82 Å². The summed E-state index contributed by atoms with van der Waals surface area (Å²) < 4.78 is 28.5. The van der Waals surface area contributed by atoms with Crippen LogP contribution in [0.25, 0.3) is 0 Å². The van der Waals surface area contributed by atoms with Crippen molar-refractivity contribution in [3.63, 3.8) is 0 Å². The highest BCUT2D eigenvalue weighted by molar-refractivity contribution is 7.91. The number of hydrogen-bond donors (Lipinski definition) is 1. The van der Waals surface area contributed by atoms with Crippen molar-refractivity contribution in [1.29, 1.82) is 0 Å². The van der Waals surface area contributed by atoms with Crippen LogP contribution >= 0.6 is 0 Å². The highest BCUT2D eigenvalue weighted by Crippen LogP contribution is 2.36. The third kappa shape index (κ3) is 3.70. The van der Waals surface area contributed by atoms with Gasteiger partial charge in [-0.25, -0.2) is 8.42 Å². The Morgan fingerprint density at radius 1 is 1.12 bits per heavy atom. The number of carbonyl (C=O) groups is 1. The summed E-state index contributed by atoms with van der Waals surface area (Å²) >= 11 is 0. The number of hydrogen-bond acceptors (Lipinski definition) is 3. The smallest absolute Gasteiger partial charge is 0.230 e. The van der Waals surface area contributed by atoms with Gasteiger partial charge in [-0.15, -0.1) is 0 Å². The predicted molar refractivity (Wildman–Crippen MR) is 104 cm³/mol. The highest BCUT2D eigenvalue weighted by atomic mass is 32.2. The largest absolute Gasteiger partial charge is 0.331 e. The number of aromatic nitrogens is 1. The van der Waals surface area contributed by atoms with Crippen LogP contribution in [0.1, 0.15) is 45.4 Å². The third-order valence-corrected chi connectivity index (χ3v) is 6.39. The molecule has 0 bridgehead atoms. The van der Waals surface area contributed by atoms with E-state index < -0.39 is 15.3 Å². The second kappa shape index (κ2) is 7.27. The molecule has 0 radical (unpaired) electrons. The Hall–Kier alpha value is -2.08. The van der Waals surface area contributed by atoms with Gasteiger partial charge in [-0.1, -0.05) is 45.9 Å². The molecule has 0 aliphatic rings. The first-order valence-corrected chi connectivity index (χ1v) is 10.3. The van der Waals surface area contributed by atoms with Gasteiger partial charge in [-0.2, -0.15) is 0 Å². The van der Waals surface area contributed by atoms with Crippen molar-refractivity contribution in [3.05, 3.63) is 41.6 Å². The van der Waals surface area contributed by atoms with Crippen LogP contribution in [-0.2, 0) is 21.2 Å². The number of nitrogens with zero attached hydrogens (tertiary/aromatic N) is 1. The maximum absolute atomic E-state index is 13.3. The molecule has 2 aromatic rings. The fourth-order valence-corrected chi connectivity index (χ4v) is 4.52. The van der Waals surface area contributed by atoms with Gasteiger partial charge in [0, 0.05) is 17.7 Å². The molecule has 0 unspecified atom stereocenters. The molecule has 26 heavy (non-hydrogen) atoms. The number of carbonyl (C=O) groups excluding carboxylic acids is 1. The maximum atomic E-state index is 13.3. The minimum Gasteiger partial charge on any atom is -0.331 e. The lowest BCUT2D eigenvalue weighted by molar-refractivity contribution is -0.123. The van der Waals surface area contributed by atoms with E-state index in [-0.39, 0.29) is 15.7 Å². The van der Waals surface area contributed by atoms with Crippen LogP contribution in [0.5, 0.6) is 0 Å². The Labute approximate surface area is 156 Å². The zero-order chi connectivity index (χ0) is 19.7. The van der Waals surface area contributed by atoms with Gasteiger partial charge in [0.2, 0.25) is 15.7 Å². The van der Waals surface area contributed by atoms with E-state index >= 15 is 0 Å². The quantitative estimate of drug-likeness (QED) is 0.844. The van der Waals surface area contributed by atoms with Crippen LogP contribution < -0.4 is 5.32 Å². The molecule has 5 nitrogen and oxygen atoms in total. The van der Waals surface area contributed by atoms with E-state index in [4.69, 9.17) is 0 Å². The normalized spacial score (nSPS) is 12.2. The highest BCUT2D eigenvalue weighted by Gasteiger charge is 2.32. The van der Waals surface area contributed by atoms with E-state index in [2.05, 4.69) is 5.32 Å². The summed E-state index contributed by atoms with van der Waals surface area (Å²) in [6.07, 6.45) is 0.832. The summed E-state index contributed by atoms with van der Waals surface area (Å²) in [5, 5.41) is 2.89. The topological polar surface area (TPSA) is 68.2 Å². The van der Waals surface area contributed by atoms with E-state index in [9.17, 15) is 13.2 Å². The lowest BCUT2D eigenvalue weighted by Crippen LogP contribution is -2.29. The molecule has 1 N–H and O–H groups in total. The van der Waals surface area contributed by atoms with Crippen LogP contribution in [0.15, 0.2) is 40.1 Å². The van der Waals surface area contributed by atoms with Crippen LogP contribution in [0.3, 0.4) is 0 Å². The summed E-state index contributed by atoms with van der Waals surface area (Å²) in [6, 6.07) is 8.34. The molecule has 6 heteroatoms. The molecule has 0 atom stereocenters. The molecule has 0 spiro atoms. The second-order valence-electron chi connectivity index (χ2n) is 7.56. The SMILES string of the molecule is CCCn1c(C)c(C)c(S(=O)(=O)c2ccccc2)c1NC(=O)C(C)(C)C. The molecule has 0 saturated heterocycles. The molecular formula is C20H28N2O3S. The number of anilines is 1. The molecule has 0 aliphatic carbocycles. The van der Waals surface area contributed by atoms with E-state index in [0.717, 1.165) is 12.1 Å². The molecule has 1 aromatic heterocycles. The van der Waals surface area contributed by atoms with E-state index in [1.807, 2.05) is 18.4 Å². The summed E-state index contributed by atoms with van der Waals surface area (Å²) in [5.74, 6) is 0.155. The molecule has 2 rings (SSSR count). The second-order valence-corrected chi connectivity index (χ2v) is 9.45. The Bertz CT molecular complexity index is 905. The molecule has 1 heterocycles. The van der Waals surface area contributed by atoms with Gasteiger partial charge in [0.15, 0.2) is 0 Å². The van der Waals surface area contributed by atoms with E-state index in [1.54, 1.807) is 58.0 Å². The van der Waals surface area contributed by atoms with Crippen molar-refractivity contribution in [1.82, 2.24) is 4.57 Å². The van der Waals surface area contributed by atoms with Crippen molar-refractivity contribution in [3.8, 4) is 0 Å². The van der Waals surface area contributed by atoms with Gasteiger partial charge >= 0.3 is 0 Å². The van der Waals surface area contributed by atoms with E-state index in [0.29, 0.717) is 17.9 Å². The van der Waals surface area contributed by atoms with Crippen molar-refractivity contribution >= 4 is 21.6 Å². The van der Waals surface area contributed by atoms with Crippen LogP contribution in [0, 0.1) is 19.3 Å². The lowest BCUT2D eigenvalue weighted by atomic mass is 9.96. The zero-order valence-electron chi connectivity index (χ0n) is 16.4. The first-order valence-electron chi connectivity index (χ1n) is 8.83. The molecule has 0 aliphatic heterocycles. The monoisotopic (exact) mass is 376 g/mol. The lowest BCUT2D eigenvalue weighted by Gasteiger charge is -2.20. The first kappa shape index (κ1) is 20.2. The summed E-state index contributed by atoms with van der Waals surface area (Å²) in [5.41, 5.74) is 0.897. The molecule has 1 amide bonds. The number of rotatable bonds is 5. The molecule has 0 fully saturated rings. The van der Waals surface area contributed by atoms with Crippen molar-refractivity contribution in [2.75, 3.05) is 5.32 Å². The van der Waals surface area contributed by atoms with Gasteiger partial charge in [-0.3, -0.25) is 4.79 Å². The average molecular weight is 377 g/mol. The summed E-state index contributed by atoms with van der Waals surface area (Å²) in [4.78, 5) is 13.0. The van der Waals surface area contributed by atoms with Crippen molar-refractivity contribution < 1.29 is 13.2 Å². The van der Waals surface area contributed by atoms with Gasteiger partial charge in [0.25, 0.3) is 0 Å². The number of sulfone groups is 1. The van der Waals surface area contributed by atoms with Crippen molar-refractivity contribution in [2.24, 2.45) is 5.41 Å². The van der Waals surface area contributed by atoms with Gasteiger partial charge in [0.1, 0.15) is 10.7 Å². The molecule has 0 saturated carbocycles. The standard InChI is InChI=1S/C20H28N2O3S/c1-7-13-22-15(3)14(2)17(18(22)21-19(23)20(4,5)6)26(24,25)16-11-9-8-10-12-16/h8-12H,7,13H2,1-6H3,(H,21,23). The fraction of sp³-hybridized carbons (Fsp3) is 0.450. The Morgan fingerprint density at radius 2 is 1.69 bits per heavy atom. The zero-order valence-corrected chi connectivity index (χ0v) is 17.2. The Kier molecular flexibility index (Phi) is 5.66. The van der Waals surface area contributed by atoms with Crippen LogP contribution in [-0.4, -0.2) is 18.9 Å². The van der Waals surface area contributed by atoms with Crippen LogP contribution in [0.2, 0.25) is 0 Å².